The number of aliphatic hydroxyl groups is 3. The summed E-state index contributed by atoms with van der Waals surface area (Å²) in [6.45, 7) is -6.17. The molecule has 0 radical (unpaired) electrons. The Morgan fingerprint density at radius 1 is 1.39 bits per heavy atom. The van der Waals surface area contributed by atoms with E-state index in [-0.39, 0.29) is 28.4 Å². The second-order valence-corrected chi connectivity index (χ2v) is 8.19. The molecule has 2 aliphatic rings. The third-order valence-electron chi connectivity index (χ3n) is 5.09. The molecule has 3 aromatic rings. The average molecular weight is 537 g/mol. The van der Waals surface area contributed by atoms with Gasteiger partial charge in [-0.1, -0.05) is 36.0 Å². The van der Waals surface area contributed by atoms with E-state index in [4.69, 9.17) is 24.7 Å². The highest BCUT2D eigenvalue weighted by Gasteiger charge is 2.45. The first-order chi connectivity index (χ1) is 24.0. The fourth-order valence-electron chi connectivity index (χ4n) is 3.28. The van der Waals surface area contributed by atoms with Crippen LogP contribution in [-0.4, -0.2) is 83.4 Å². The topological polar surface area (TPSA) is 138 Å². The summed E-state index contributed by atoms with van der Waals surface area (Å²) in [6.07, 6.45) is -20.3. The fraction of sp³-hybridized carbons (Fsp3) is 0.583. The zero-order chi connectivity index (χ0) is 41.6. The number of halogens is 1. The molecule has 1 aromatic carbocycles. The fourth-order valence-corrected chi connectivity index (χ4v) is 3.74. The minimum atomic E-state index is -4.44. The van der Waals surface area contributed by atoms with E-state index in [9.17, 15) is 19.7 Å². The Kier molecular flexibility index (Phi) is 3.39. The maximum Gasteiger partial charge on any atom is 0.191 e. The highest BCUT2D eigenvalue weighted by molar-refractivity contribution is 7.99. The van der Waals surface area contributed by atoms with Gasteiger partial charge in [-0.3, -0.25) is 0 Å². The van der Waals surface area contributed by atoms with Gasteiger partial charge in [-0.15, -0.1) is 5.10 Å². The minimum absolute atomic E-state index is 0.0140. The van der Waals surface area contributed by atoms with Crippen LogP contribution in [0.4, 0.5) is 10.2 Å². The summed E-state index contributed by atoms with van der Waals surface area (Å²) in [6, 6.07) is -7.30. The molecule has 5 rings (SSSR count). The number of nitrogens with one attached hydrogen (secondary N) is 1. The molecule has 0 bridgehead atoms. The molecule has 10 nitrogen and oxygen atoms in total. The van der Waals surface area contributed by atoms with Crippen molar-refractivity contribution in [1.29, 1.82) is 0 Å². The van der Waals surface area contributed by atoms with Gasteiger partial charge in [0.25, 0.3) is 0 Å². The number of benzene rings is 1. The molecule has 4 N–H and O–H groups in total. The van der Waals surface area contributed by atoms with Crippen LogP contribution in [-0.2, 0) is 4.74 Å². The van der Waals surface area contributed by atoms with Crippen molar-refractivity contribution in [2.45, 2.75) is 74.4 Å². The summed E-state index contributed by atoms with van der Waals surface area (Å²) in [4.78, 5) is 8.07. The third kappa shape index (κ3) is 4.92. The lowest BCUT2D eigenvalue weighted by molar-refractivity contribution is -0.0629. The van der Waals surface area contributed by atoms with E-state index in [0.717, 1.165) is 6.92 Å². The van der Waals surface area contributed by atoms with E-state index in [0.29, 0.717) is 0 Å². The van der Waals surface area contributed by atoms with Gasteiger partial charge in [0.15, 0.2) is 22.1 Å². The first kappa shape index (κ1) is 11.6. The van der Waals surface area contributed by atoms with Gasteiger partial charge in [0.1, 0.15) is 18.0 Å². The van der Waals surface area contributed by atoms with E-state index in [1.165, 1.54) is 6.92 Å². The van der Waals surface area contributed by atoms with Crippen LogP contribution in [0.2, 0.25) is 0 Å². The Balaban J connectivity index is 1.73. The molecular weight excluding hydrogens is 487 g/mol. The van der Waals surface area contributed by atoms with Crippen molar-refractivity contribution in [2.75, 3.05) is 24.1 Å². The summed E-state index contributed by atoms with van der Waals surface area (Å²) in [5, 5.41) is 41.3. The van der Waals surface area contributed by atoms with Crippen LogP contribution in [0.25, 0.3) is 11.2 Å². The van der Waals surface area contributed by atoms with E-state index in [1.54, 1.807) is 0 Å². The number of aromatic nitrogens is 5. The molecule has 36 heavy (non-hydrogen) atoms. The lowest BCUT2D eigenvalue weighted by Gasteiger charge is -2.17. The maximum atomic E-state index is 14.8. The average Bonchev–Trinajstić information content (AvgIpc) is 3.42. The Morgan fingerprint density at radius 2 is 2.22 bits per heavy atom. The normalized spacial score (nSPS) is 48.1. The van der Waals surface area contributed by atoms with Gasteiger partial charge in [-0.2, -0.15) is 0 Å². The summed E-state index contributed by atoms with van der Waals surface area (Å²) in [5.74, 6) is -3.67. The number of fused-ring (bicyclic) bond motifs is 1. The van der Waals surface area contributed by atoms with Crippen LogP contribution in [0, 0.1) is 12.7 Å². The number of rotatable bonds is 10. The molecule has 0 aliphatic heterocycles. The predicted molar refractivity (Wildman–Crippen MR) is 133 cm³/mol. The zero-order valence-electron chi connectivity index (χ0n) is 36.6. The largest absolute Gasteiger partial charge is 0.394 e. The molecule has 0 spiro atoms. The summed E-state index contributed by atoms with van der Waals surface area (Å²) >= 11 is 0.0140. The van der Waals surface area contributed by atoms with Crippen LogP contribution in [0.1, 0.15) is 73.8 Å². The molecule has 0 unspecified atom stereocenters. The van der Waals surface area contributed by atoms with Crippen molar-refractivity contribution >= 4 is 28.7 Å². The molecule has 2 aromatic heterocycles. The minimum Gasteiger partial charge on any atom is -0.394 e. The number of ether oxygens (including phenoxy) is 1. The van der Waals surface area contributed by atoms with Crippen molar-refractivity contribution in [3.05, 3.63) is 35.1 Å². The number of hydrogen-bond donors (Lipinski definition) is 4. The zero-order valence-corrected chi connectivity index (χ0v) is 19.4. The van der Waals surface area contributed by atoms with Crippen molar-refractivity contribution in [3.63, 3.8) is 0 Å². The number of anilines is 1. The van der Waals surface area contributed by atoms with Crippen molar-refractivity contribution in [1.82, 2.24) is 25.0 Å². The molecule has 2 saturated carbocycles. The lowest BCUT2D eigenvalue weighted by Crippen LogP contribution is -2.33. The number of hydrogen-bond acceptors (Lipinski definition) is 10. The van der Waals surface area contributed by atoms with Gasteiger partial charge in [0.05, 0.1) is 40.3 Å². The van der Waals surface area contributed by atoms with Gasteiger partial charge in [-0.05, 0) is 36.9 Å². The van der Waals surface area contributed by atoms with Gasteiger partial charge < -0.3 is 25.4 Å². The molecule has 6 atom stereocenters. The van der Waals surface area contributed by atoms with Gasteiger partial charge in [0.2, 0.25) is 0 Å². The van der Waals surface area contributed by atoms with Gasteiger partial charge in [0, 0.05) is 33.6 Å². The van der Waals surface area contributed by atoms with E-state index in [1.807, 2.05) is 0 Å². The molecular formula is C24H31FN6O4S. The van der Waals surface area contributed by atoms with Crippen LogP contribution in [0.3, 0.4) is 0 Å². The summed E-state index contributed by atoms with van der Waals surface area (Å²) in [7, 11) is 0. The first-order valence-electron chi connectivity index (χ1n) is 19.2. The summed E-state index contributed by atoms with van der Waals surface area (Å²) in [5.41, 5.74) is -5.23. The molecule has 0 saturated heterocycles. The molecule has 2 heterocycles. The first-order valence-corrected chi connectivity index (χ1v) is 11.0. The van der Waals surface area contributed by atoms with Crippen molar-refractivity contribution in [2.24, 2.45) is 0 Å². The Labute approximate surface area is 237 Å². The Bertz CT molecular complexity index is 2020. The van der Waals surface area contributed by atoms with Crippen LogP contribution >= 0.6 is 11.8 Å². The second kappa shape index (κ2) is 10.5. The second-order valence-electron chi connectivity index (χ2n) is 7.41. The highest BCUT2D eigenvalue weighted by Crippen LogP contribution is 2.44. The van der Waals surface area contributed by atoms with Gasteiger partial charge >= 0.3 is 0 Å². The number of nitrogens with zero attached hydrogens (tertiary/aromatic N) is 5. The van der Waals surface area contributed by atoms with Crippen molar-refractivity contribution in [3.8, 4) is 0 Å². The van der Waals surface area contributed by atoms with Crippen LogP contribution in [0.5, 0.6) is 0 Å². The monoisotopic (exact) mass is 536 g/mol. The smallest absolute Gasteiger partial charge is 0.191 e. The molecule has 2 fully saturated rings. The van der Waals surface area contributed by atoms with Gasteiger partial charge in [-0.25, -0.2) is 19.0 Å². The lowest BCUT2D eigenvalue weighted by atomic mass is 10.1. The van der Waals surface area contributed by atoms with Crippen molar-refractivity contribution < 1.29 is 49.1 Å². The summed E-state index contributed by atoms with van der Waals surface area (Å²) < 4.78 is 167. The van der Waals surface area contributed by atoms with Crippen LogP contribution < -0.4 is 5.32 Å². The Morgan fingerprint density at radius 3 is 3.00 bits per heavy atom. The van der Waals surface area contributed by atoms with E-state index in [2.05, 4.69) is 30.3 Å². The molecule has 0 amide bonds. The quantitative estimate of drug-likeness (QED) is 0.225. The predicted octanol–water partition coefficient (Wildman–Crippen LogP) is 2.18. The third-order valence-corrected chi connectivity index (χ3v) is 5.76. The highest BCUT2D eigenvalue weighted by atomic mass is 32.2. The number of thioether (sulfide) groups is 1. The van der Waals surface area contributed by atoms with E-state index < -0.39 is 119 Å². The molecule has 194 valence electrons. The SMILES string of the molecule is [2H]c1c([2H])c([C@]2([2H])C[C@H]2Nc2nc(SC([2H])([2H])C([2H])([2H])C)nc3c2nnn3[C@]2([2H])C([2H])([2H])[C@]([2H])(OC([2H])([2H])C([2H])([2H])O)[C@@]([2H])(O)[C@@]2([2H])O)c([2H])c(F)c1C. The molecule has 12 heteroatoms. The van der Waals surface area contributed by atoms with Crippen LogP contribution in [0.15, 0.2) is 23.3 Å². The Hall–Kier alpha value is -2.38. The standard InChI is InChI=1S/C24H31FN6O4S/c1-3-8-36-24-27-22(26-16-10-14(16)13-5-4-12(2)15(25)9-13)19-23(28-24)31(30-29-19)17-11-18(35-7-6-32)21(34)20(17)33/h4-5,9,14,16-18,20-21,32-34H,3,6-8,10-11H2,1-2H3,(H,26,27,28)/t14-,16+,17+,18-,20-,21+/m0/s1/i3D2,4D,5D,6D2,7D2,8D2,9D,11D2,14D,17D,18D,20D,21D. The molecule has 2 aliphatic carbocycles. The van der Waals surface area contributed by atoms with E-state index >= 15 is 0 Å². The maximum absolute atomic E-state index is 14.8.